The number of hydrogen-bond donors (Lipinski definition) is 0. The van der Waals surface area contributed by atoms with Gasteiger partial charge in [-0.05, 0) is 41.2 Å². The fourth-order valence-corrected chi connectivity index (χ4v) is 2.26. The Kier molecular flexibility index (Phi) is 3.53. The van der Waals surface area contributed by atoms with Crippen LogP contribution in [-0.2, 0) is 0 Å². The van der Waals surface area contributed by atoms with Crippen molar-refractivity contribution in [3.63, 3.8) is 0 Å². The van der Waals surface area contributed by atoms with Crippen molar-refractivity contribution in [3.05, 3.63) is 59.2 Å². The third kappa shape index (κ3) is 2.31. The predicted octanol–water partition coefficient (Wildman–Crippen LogP) is 4.77. The summed E-state index contributed by atoms with van der Waals surface area (Å²) in [5.74, 6) is 3.23. The molecule has 0 amide bonds. The lowest BCUT2D eigenvalue weighted by Crippen LogP contribution is -1.93. The van der Waals surface area contributed by atoms with Gasteiger partial charge >= 0.3 is 0 Å². The molecule has 0 heterocycles. The molecule has 0 heteroatoms. The van der Waals surface area contributed by atoms with Gasteiger partial charge in [-0.15, -0.1) is 6.42 Å². The summed E-state index contributed by atoms with van der Waals surface area (Å²) in [6, 6.07) is 14.9. The topological polar surface area (TPSA) is 0 Å². The molecule has 2 aromatic rings. The maximum atomic E-state index is 5.47. The van der Waals surface area contributed by atoms with Crippen molar-refractivity contribution < 1.29 is 0 Å². The van der Waals surface area contributed by atoms with E-state index >= 15 is 0 Å². The minimum absolute atomic E-state index is 0.522. The normalized spacial score (nSPS) is 10.4. The summed E-state index contributed by atoms with van der Waals surface area (Å²) in [5, 5.41) is 0. The van der Waals surface area contributed by atoms with E-state index in [0.29, 0.717) is 5.92 Å². The van der Waals surface area contributed by atoms with E-state index in [0.717, 1.165) is 11.1 Å². The van der Waals surface area contributed by atoms with Crippen molar-refractivity contribution in [1.82, 2.24) is 0 Å². The second-order valence-corrected chi connectivity index (χ2v) is 4.92. The zero-order chi connectivity index (χ0) is 13.1. The Morgan fingerprint density at radius 1 is 1.06 bits per heavy atom. The molecule has 0 aromatic heterocycles. The molecular weight excluding hydrogens is 216 g/mol. The lowest BCUT2D eigenvalue weighted by Gasteiger charge is -2.13. The van der Waals surface area contributed by atoms with Crippen molar-refractivity contribution in [3.8, 4) is 23.5 Å². The van der Waals surface area contributed by atoms with E-state index in [9.17, 15) is 0 Å². The van der Waals surface area contributed by atoms with Crippen molar-refractivity contribution in [2.24, 2.45) is 0 Å². The molecule has 0 radical (unpaired) electrons. The van der Waals surface area contributed by atoms with Crippen LogP contribution in [0.4, 0.5) is 0 Å². The highest BCUT2D eigenvalue weighted by molar-refractivity contribution is 5.69. The number of aryl methyl sites for hydroxylation is 1. The second kappa shape index (κ2) is 5.10. The Morgan fingerprint density at radius 2 is 1.78 bits per heavy atom. The zero-order valence-electron chi connectivity index (χ0n) is 11.2. The van der Waals surface area contributed by atoms with Crippen molar-refractivity contribution in [2.75, 3.05) is 0 Å². The molecule has 0 N–H and O–H groups in total. The van der Waals surface area contributed by atoms with Crippen LogP contribution in [0.15, 0.2) is 42.5 Å². The van der Waals surface area contributed by atoms with Crippen LogP contribution in [0.25, 0.3) is 11.1 Å². The molecule has 18 heavy (non-hydrogen) atoms. The van der Waals surface area contributed by atoms with Gasteiger partial charge in [-0.1, -0.05) is 56.2 Å². The van der Waals surface area contributed by atoms with E-state index in [-0.39, 0.29) is 0 Å². The first-order valence-electron chi connectivity index (χ1n) is 6.30. The summed E-state index contributed by atoms with van der Waals surface area (Å²) in [6.07, 6.45) is 5.47. The zero-order valence-corrected chi connectivity index (χ0v) is 11.2. The van der Waals surface area contributed by atoms with Gasteiger partial charge in [0.15, 0.2) is 0 Å². The molecule has 0 bridgehead atoms. The number of rotatable bonds is 2. The Bertz CT molecular complexity index is 598. The highest BCUT2D eigenvalue weighted by Crippen LogP contribution is 2.30. The second-order valence-electron chi connectivity index (χ2n) is 4.92. The molecule has 0 aliphatic heterocycles. The molecule has 90 valence electrons. The Morgan fingerprint density at radius 3 is 2.39 bits per heavy atom. The van der Waals surface area contributed by atoms with Gasteiger partial charge in [0.1, 0.15) is 0 Å². The molecule has 0 saturated carbocycles. The van der Waals surface area contributed by atoms with Crippen LogP contribution in [0.3, 0.4) is 0 Å². The third-order valence-corrected chi connectivity index (χ3v) is 3.28. The molecule has 0 spiro atoms. The van der Waals surface area contributed by atoms with Crippen LogP contribution in [0.5, 0.6) is 0 Å². The van der Waals surface area contributed by atoms with Crippen molar-refractivity contribution in [1.29, 1.82) is 0 Å². The molecule has 2 aromatic carbocycles. The van der Waals surface area contributed by atoms with Gasteiger partial charge in [-0.2, -0.15) is 0 Å². The lowest BCUT2D eigenvalue weighted by atomic mass is 9.91. The van der Waals surface area contributed by atoms with E-state index < -0.39 is 0 Å². The smallest absolute Gasteiger partial charge is 0.0272 e. The predicted molar refractivity (Wildman–Crippen MR) is 78.6 cm³/mol. The first kappa shape index (κ1) is 12.5. The van der Waals surface area contributed by atoms with Gasteiger partial charge in [0.05, 0.1) is 0 Å². The highest BCUT2D eigenvalue weighted by atomic mass is 14.1. The first-order valence-corrected chi connectivity index (χ1v) is 6.30. The number of benzene rings is 2. The lowest BCUT2D eigenvalue weighted by molar-refractivity contribution is 0.869. The summed E-state index contributed by atoms with van der Waals surface area (Å²) >= 11 is 0. The van der Waals surface area contributed by atoms with E-state index in [4.69, 9.17) is 6.42 Å². The summed E-state index contributed by atoms with van der Waals surface area (Å²) in [5.41, 5.74) is 6.06. The summed E-state index contributed by atoms with van der Waals surface area (Å²) < 4.78 is 0. The van der Waals surface area contributed by atoms with E-state index in [1.165, 1.54) is 16.7 Å². The monoisotopic (exact) mass is 234 g/mol. The van der Waals surface area contributed by atoms with Crippen LogP contribution in [0.1, 0.15) is 36.5 Å². The fourth-order valence-electron chi connectivity index (χ4n) is 2.26. The van der Waals surface area contributed by atoms with Crippen LogP contribution < -0.4 is 0 Å². The fraction of sp³-hybridized carbons (Fsp3) is 0.222. The number of terminal acetylenes is 1. The Hall–Kier alpha value is -2.00. The molecule has 0 atom stereocenters. The summed E-state index contributed by atoms with van der Waals surface area (Å²) in [4.78, 5) is 0. The molecule has 0 aliphatic carbocycles. The molecule has 0 saturated heterocycles. The SMILES string of the molecule is C#Cc1ccc(-c2ccccc2C(C)C)cc1C. The van der Waals surface area contributed by atoms with E-state index in [2.05, 4.69) is 63.1 Å². The molecule has 2 rings (SSSR count). The van der Waals surface area contributed by atoms with Crippen molar-refractivity contribution >= 4 is 0 Å². The van der Waals surface area contributed by atoms with Gasteiger partial charge in [0.25, 0.3) is 0 Å². The van der Waals surface area contributed by atoms with E-state index in [1.807, 2.05) is 6.07 Å². The standard InChI is InChI=1S/C18H18/c1-5-15-10-11-16(12-14(15)4)18-9-7-6-8-17(18)13(2)3/h1,6-13H,2-4H3. The quantitative estimate of drug-likeness (QED) is 0.657. The van der Waals surface area contributed by atoms with Gasteiger partial charge < -0.3 is 0 Å². The van der Waals surface area contributed by atoms with Crippen LogP contribution in [-0.4, -0.2) is 0 Å². The average molecular weight is 234 g/mol. The maximum Gasteiger partial charge on any atom is 0.0272 e. The van der Waals surface area contributed by atoms with Gasteiger partial charge in [0, 0.05) is 5.56 Å². The van der Waals surface area contributed by atoms with E-state index in [1.54, 1.807) is 0 Å². The molecule has 0 fully saturated rings. The molecule has 0 aliphatic rings. The largest absolute Gasteiger partial charge is 0.115 e. The average Bonchev–Trinajstić information content (AvgIpc) is 2.38. The van der Waals surface area contributed by atoms with Gasteiger partial charge in [-0.25, -0.2) is 0 Å². The third-order valence-electron chi connectivity index (χ3n) is 3.28. The van der Waals surface area contributed by atoms with Crippen LogP contribution in [0.2, 0.25) is 0 Å². The molecule has 0 nitrogen and oxygen atoms in total. The summed E-state index contributed by atoms with van der Waals surface area (Å²) in [6.45, 7) is 6.51. The maximum absolute atomic E-state index is 5.47. The minimum Gasteiger partial charge on any atom is -0.115 e. The van der Waals surface area contributed by atoms with Gasteiger partial charge in [0.2, 0.25) is 0 Å². The summed E-state index contributed by atoms with van der Waals surface area (Å²) in [7, 11) is 0. The number of hydrogen-bond acceptors (Lipinski definition) is 0. The minimum atomic E-state index is 0.522. The Balaban J connectivity index is 2.56. The molecule has 0 unspecified atom stereocenters. The highest BCUT2D eigenvalue weighted by Gasteiger charge is 2.08. The Labute approximate surface area is 110 Å². The van der Waals surface area contributed by atoms with Crippen LogP contribution in [0, 0.1) is 19.3 Å². The molecular formula is C18H18. The first-order chi connectivity index (χ1) is 8.63. The van der Waals surface area contributed by atoms with Gasteiger partial charge in [-0.3, -0.25) is 0 Å². The van der Waals surface area contributed by atoms with Crippen molar-refractivity contribution in [2.45, 2.75) is 26.7 Å². The van der Waals surface area contributed by atoms with Crippen LogP contribution >= 0.6 is 0 Å².